The van der Waals surface area contributed by atoms with E-state index in [0.29, 0.717) is 6.73 Å². The van der Waals surface area contributed by atoms with Crippen molar-refractivity contribution in [1.82, 2.24) is 4.57 Å². The number of aromatic nitrogens is 2. The predicted molar refractivity (Wildman–Crippen MR) is 132 cm³/mol. The van der Waals surface area contributed by atoms with Crippen LogP contribution in [-0.4, -0.2) is 11.2 Å². The van der Waals surface area contributed by atoms with Crippen LogP contribution in [0.4, 0.5) is 0 Å². The zero-order valence-corrected chi connectivity index (χ0v) is 20.4. The van der Waals surface area contributed by atoms with E-state index in [9.17, 15) is 0 Å². The average molecular weight is 428 g/mol. The minimum absolute atomic E-state index is 0.640. The van der Waals surface area contributed by atoms with Gasteiger partial charge in [-0.3, -0.25) is 0 Å². The van der Waals surface area contributed by atoms with Gasteiger partial charge in [0, 0.05) is 0 Å². The van der Waals surface area contributed by atoms with Crippen molar-refractivity contribution in [2.75, 3.05) is 6.61 Å². The largest absolute Gasteiger partial charge is 0.342 e. The van der Waals surface area contributed by atoms with Crippen LogP contribution < -0.4 is 4.57 Å². The van der Waals surface area contributed by atoms with Crippen LogP contribution in [0.3, 0.4) is 0 Å². The third kappa shape index (κ3) is 10.5. The van der Waals surface area contributed by atoms with Crippen LogP contribution in [0.15, 0.2) is 42.7 Å². The van der Waals surface area contributed by atoms with Gasteiger partial charge in [0.15, 0.2) is 6.73 Å². The molecule has 2 rings (SSSR count). The fourth-order valence-corrected chi connectivity index (χ4v) is 4.23. The second kappa shape index (κ2) is 17.0. The first-order chi connectivity index (χ1) is 15.4. The highest BCUT2D eigenvalue weighted by Gasteiger charge is 2.19. The van der Waals surface area contributed by atoms with Crippen LogP contribution >= 0.6 is 0 Å². The van der Waals surface area contributed by atoms with Crippen molar-refractivity contribution in [2.45, 2.75) is 117 Å². The Bertz CT molecular complexity index is 665. The molecular formula is C28H47N2O+. The monoisotopic (exact) mass is 427 g/mol. The molecule has 1 aromatic carbocycles. The van der Waals surface area contributed by atoms with Crippen LogP contribution in [0.2, 0.25) is 0 Å². The molecule has 0 fully saturated rings. The average Bonchev–Trinajstić information content (AvgIpc) is 3.20. The van der Waals surface area contributed by atoms with E-state index in [-0.39, 0.29) is 0 Å². The molecule has 1 aromatic heterocycles. The van der Waals surface area contributed by atoms with E-state index in [1.807, 2.05) is 0 Å². The standard InChI is InChI=1S/C28H47N2O/c1-3-5-7-9-10-11-12-13-14-18-22-29-23-24-30(26-31-25-19-8-6-4-2)28(29)27-20-16-15-17-21-27/h15-17,20-21,23-24H,3-14,18-19,22,25-26H2,1-2H3/q+1. The lowest BCUT2D eigenvalue weighted by atomic mass is 10.1. The predicted octanol–water partition coefficient (Wildman–Crippen LogP) is 7.92. The molecule has 0 radical (unpaired) electrons. The van der Waals surface area contributed by atoms with Gasteiger partial charge in [-0.2, -0.15) is 0 Å². The highest BCUT2D eigenvalue weighted by Crippen LogP contribution is 2.17. The van der Waals surface area contributed by atoms with Crippen molar-refractivity contribution in [2.24, 2.45) is 0 Å². The number of imidazole rings is 1. The molecule has 3 heteroatoms. The summed E-state index contributed by atoms with van der Waals surface area (Å²) in [4.78, 5) is 0. The minimum atomic E-state index is 0.640. The van der Waals surface area contributed by atoms with Gasteiger partial charge >= 0.3 is 0 Å². The Balaban J connectivity index is 1.77. The quantitative estimate of drug-likeness (QED) is 0.164. The van der Waals surface area contributed by atoms with E-state index in [1.165, 1.54) is 94.9 Å². The number of hydrogen-bond donors (Lipinski definition) is 0. The summed E-state index contributed by atoms with van der Waals surface area (Å²) in [5.41, 5.74) is 1.27. The Kier molecular flexibility index (Phi) is 14.1. The summed E-state index contributed by atoms with van der Waals surface area (Å²) in [5, 5.41) is 0. The zero-order valence-electron chi connectivity index (χ0n) is 20.4. The molecule has 0 saturated heterocycles. The van der Waals surface area contributed by atoms with E-state index < -0.39 is 0 Å². The van der Waals surface area contributed by atoms with E-state index in [0.717, 1.165) is 19.6 Å². The summed E-state index contributed by atoms with van der Waals surface area (Å²) >= 11 is 0. The summed E-state index contributed by atoms with van der Waals surface area (Å²) in [7, 11) is 0. The van der Waals surface area contributed by atoms with Gasteiger partial charge in [-0.1, -0.05) is 103 Å². The molecule has 174 valence electrons. The number of ether oxygens (including phenoxy) is 1. The van der Waals surface area contributed by atoms with Crippen LogP contribution in [0.1, 0.15) is 104 Å². The summed E-state index contributed by atoms with van der Waals surface area (Å²) < 4.78 is 10.7. The van der Waals surface area contributed by atoms with Crippen molar-refractivity contribution >= 4 is 0 Å². The van der Waals surface area contributed by atoms with Gasteiger partial charge in [0.25, 0.3) is 5.82 Å². The molecule has 0 aliphatic heterocycles. The number of aryl methyl sites for hydroxylation is 1. The Morgan fingerprint density at radius 3 is 1.94 bits per heavy atom. The Morgan fingerprint density at radius 1 is 0.710 bits per heavy atom. The first-order valence-corrected chi connectivity index (χ1v) is 13.1. The number of nitrogens with zero attached hydrogens (tertiary/aromatic N) is 2. The van der Waals surface area contributed by atoms with Gasteiger partial charge < -0.3 is 4.74 Å². The first kappa shape index (κ1) is 25.6. The summed E-state index contributed by atoms with van der Waals surface area (Å²) in [6, 6.07) is 10.8. The lowest BCUT2D eigenvalue weighted by Crippen LogP contribution is -2.36. The number of hydrogen-bond acceptors (Lipinski definition) is 1. The van der Waals surface area contributed by atoms with E-state index in [2.05, 4.69) is 65.7 Å². The van der Waals surface area contributed by atoms with Gasteiger partial charge in [-0.05, 0) is 31.4 Å². The molecule has 0 bridgehead atoms. The molecule has 1 heterocycles. The molecule has 3 nitrogen and oxygen atoms in total. The van der Waals surface area contributed by atoms with Gasteiger partial charge in [-0.15, -0.1) is 0 Å². The van der Waals surface area contributed by atoms with Crippen LogP contribution in [0.5, 0.6) is 0 Å². The Labute approximate surface area is 191 Å². The highest BCUT2D eigenvalue weighted by atomic mass is 16.5. The normalized spacial score (nSPS) is 11.3. The van der Waals surface area contributed by atoms with Crippen molar-refractivity contribution in [3.8, 4) is 11.4 Å². The third-order valence-corrected chi connectivity index (χ3v) is 6.13. The SMILES string of the molecule is CCCCCCCCCCCCn1cc[n+](COCCCCCC)c1-c1ccccc1. The van der Waals surface area contributed by atoms with Crippen molar-refractivity contribution < 1.29 is 9.30 Å². The summed E-state index contributed by atoms with van der Waals surface area (Å²) in [6.45, 7) is 7.12. The lowest BCUT2D eigenvalue weighted by Gasteiger charge is -2.07. The molecule has 0 unspecified atom stereocenters. The zero-order chi connectivity index (χ0) is 22.0. The highest BCUT2D eigenvalue weighted by molar-refractivity contribution is 5.52. The van der Waals surface area contributed by atoms with Crippen molar-refractivity contribution in [3.05, 3.63) is 42.7 Å². The summed E-state index contributed by atoms with van der Waals surface area (Å²) in [6.07, 6.45) is 23.2. The van der Waals surface area contributed by atoms with Crippen molar-refractivity contribution in [3.63, 3.8) is 0 Å². The minimum Gasteiger partial charge on any atom is -0.342 e. The fraction of sp³-hybridized carbons (Fsp3) is 0.679. The lowest BCUT2D eigenvalue weighted by molar-refractivity contribution is -0.722. The topological polar surface area (TPSA) is 18.0 Å². The third-order valence-electron chi connectivity index (χ3n) is 6.13. The molecule has 0 saturated carbocycles. The van der Waals surface area contributed by atoms with Crippen LogP contribution in [-0.2, 0) is 18.0 Å². The molecule has 31 heavy (non-hydrogen) atoms. The van der Waals surface area contributed by atoms with Gasteiger partial charge in [-0.25, -0.2) is 9.13 Å². The Hall–Kier alpha value is -1.61. The van der Waals surface area contributed by atoms with E-state index in [1.54, 1.807) is 0 Å². The van der Waals surface area contributed by atoms with Gasteiger partial charge in [0.05, 0.1) is 18.7 Å². The first-order valence-electron chi connectivity index (χ1n) is 13.1. The maximum atomic E-state index is 6.00. The molecule has 0 aliphatic rings. The van der Waals surface area contributed by atoms with Gasteiger partial charge in [0.1, 0.15) is 12.4 Å². The fourth-order valence-electron chi connectivity index (χ4n) is 4.23. The second-order valence-corrected chi connectivity index (χ2v) is 8.93. The number of unbranched alkanes of at least 4 members (excludes halogenated alkanes) is 12. The second-order valence-electron chi connectivity index (χ2n) is 8.93. The number of benzene rings is 1. The maximum Gasteiger partial charge on any atom is 0.290 e. The molecule has 0 amide bonds. The van der Waals surface area contributed by atoms with Crippen molar-refractivity contribution in [1.29, 1.82) is 0 Å². The van der Waals surface area contributed by atoms with Crippen LogP contribution in [0, 0.1) is 0 Å². The summed E-state index contributed by atoms with van der Waals surface area (Å²) in [5.74, 6) is 1.27. The molecule has 0 aliphatic carbocycles. The molecule has 2 aromatic rings. The maximum absolute atomic E-state index is 6.00. The van der Waals surface area contributed by atoms with Crippen LogP contribution in [0.25, 0.3) is 11.4 Å². The molecule has 0 N–H and O–H groups in total. The molecule has 0 atom stereocenters. The smallest absolute Gasteiger partial charge is 0.290 e. The Morgan fingerprint density at radius 2 is 1.29 bits per heavy atom. The van der Waals surface area contributed by atoms with E-state index >= 15 is 0 Å². The van der Waals surface area contributed by atoms with E-state index in [4.69, 9.17) is 4.74 Å². The molecule has 0 spiro atoms. The van der Waals surface area contributed by atoms with Gasteiger partial charge in [0.2, 0.25) is 0 Å². The number of rotatable bonds is 19. The molecular weight excluding hydrogens is 380 g/mol.